The molecule has 0 atom stereocenters. The molecule has 0 saturated heterocycles. The van der Waals surface area contributed by atoms with E-state index in [1.54, 1.807) is 18.8 Å². The number of nitrogens with one attached hydrogen (secondary N) is 2. The summed E-state index contributed by atoms with van der Waals surface area (Å²) < 4.78 is 0. The van der Waals surface area contributed by atoms with Gasteiger partial charge in [-0.3, -0.25) is 4.79 Å². The van der Waals surface area contributed by atoms with Crippen LogP contribution in [0.4, 0.5) is 0 Å². The number of amides is 1. The van der Waals surface area contributed by atoms with E-state index in [9.17, 15) is 4.79 Å². The van der Waals surface area contributed by atoms with Crippen LogP contribution in [0.1, 0.15) is 25.0 Å². The zero-order valence-electron chi connectivity index (χ0n) is 11.5. The Balaban J connectivity index is 2.59. The second-order valence-electron chi connectivity index (χ2n) is 4.60. The molecule has 2 N–H and O–H groups in total. The van der Waals surface area contributed by atoms with Crippen LogP contribution in [0, 0.1) is 6.92 Å². The fraction of sp³-hybridized carbons (Fsp3) is 0.500. The zero-order chi connectivity index (χ0) is 13.5. The van der Waals surface area contributed by atoms with Crippen molar-refractivity contribution in [3.8, 4) is 0 Å². The first-order valence-corrected chi connectivity index (χ1v) is 7.17. The van der Waals surface area contributed by atoms with E-state index in [0.29, 0.717) is 11.8 Å². The summed E-state index contributed by atoms with van der Waals surface area (Å²) in [5, 5.41) is 6.03. The first kappa shape index (κ1) is 15.1. The van der Waals surface area contributed by atoms with E-state index in [2.05, 4.69) is 49.6 Å². The molecule has 0 unspecified atom stereocenters. The topological polar surface area (TPSA) is 41.1 Å². The van der Waals surface area contributed by atoms with Gasteiger partial charge in [-0.25, -0.2) is 0 Å². The fourth-order valence-corrected chi connectivity index (χ4v) is 2.40. The first-order chi connectivity index (χ1) is 8.52. The summed E-state index contributed by atoms with van der Waals surface area (Å²) in [6.45, 7) is 7.25. The molecule has 1 amide bonds. The van der Waals surface area contributed by atoms with E-state index in [1.807, 2.05) is 0 Å². The van der Waals surface area contributed by atoms with Gasteiger partial charge in [0.1, 0.15) is 0 Å². The molecule has 0 aliphatic rings. The van der Waals surface area contributed by atoms with Crippen LogP contribution < -0.4 is 10.6 Å². The summed E-state index contributed by atoms with van der Waals surface area (Å²) in [4.78, 5) is 12.4. The molecule has 1 aromatic rings. The van der Waals surface area contributed by atoms with Crippen molar-refractivity contribution in [2.45, 2.75) is 38.3 Å². The molecule has 0 spiro atoms. The number of carbonyl (C=O) groups excluding carboxylic acids is 1. The predicted molar refractivity (Wildman–Crippen MR) is 77.9 cm³/mol. The maximum Gasteiger partial charge on any atom is 0.230 e. The molecule has 1 rings (SSSR count). The third kappa shape index (κ3) is 5.10. The molecule has 0 radical (unpaired) electrons. The third-order valence-corrected chi connectivity index (χ3v) is 3.77. The molecule has 0 bridgehead atoms. The van der Waals surface area contributed by atoms with Gasteiger partial charge >= 0.3 is 0 Å². The highest BCUT2D eigenvalue weighted by atomic mass is 32.2. The molecule has 0 aliphatic heterocycles. The van der Waals surface area contributed by atoms with Crippen LogP contribution in [0.15, 0.2) is 23.1 Å². The van der Waals surface area contributed by atoms with Crippen LogP contribution in [0.3, 0.4) is 0 Å². The third-order valence-electron chi connectivity index (χ3n) is 2.59. The molecule has 100 valence electrons. The van der Waals surface area contributed by atoms with E-state index in [-0.39, 0.29) is 5.91 Å². The van der Waals surface area contributed by atoms with Gasteiger partial charge in [-0.2, -0.15) is 0 Å². The molecular weight excluding hydrogens is 244 g/mol. The van der Waals surface area contributed by atoms with Gasteiger partial charge in [-0.1, -0.05) is 26.0 Å². The molecule has 0 aromatic heterocycles. The quantitative estimate of drug-likeness (QED) is 0.777. The van der Waals surface area contributed by atoms with Crippen LogP contribution in [0.25, 0.3) is 0 Å². The lowest BCUT2D eigenvalue weighted by Gasteiger charge is -2.11. The number of hydrogen-bond acceptors (Lipinski definition) is 3. The Morgan fingerprint density at radius 1 is 1.39 bits per heavy atom. The molecule has 0 aliphatic carbocycles. The van der Waals surface area contributed by atoms with Crippen molar-refractivity contribution in [2.75, 3.05) is 12.8 Å². The monoisotopic (exact) mass is 266 g/mol. The molecule has 0 saturated carbocycles. The molecule has 18 heavy (non-hydrogen) atoms. The van der Waals surface area contributed by atoms with Crippen molar-refractivity contribution >= 4 is 17.7 Å². The Bertz CT molecular complexity index is 405. The van der Waals surface area contributed by atoms with Gasteiger partial charge in [0.2, 0.25) is 5.91 Å². The summed E-state index contributed by atoms with van der Waals surface area (Å²) in [5.74, 6) is 0.533. The van der Waals surface area contributed by atoms with Crippen LogP contribution in [-0.4, -0.2) is 24.7 Å². The number of rotatable bonds is 6. The summed E-state index contributed by atoms with van der Waals surface area (Å²) in [5.41, 5.74) is 2.51. The van der Waals surface area contributed by atoms with Crippen molar-refractivity contribution in [1.29, 1.82) is 0 Å². The Labute approximate surface area is 114 Å². The van der Waals surface area contributed by atoms with Crippen molar-refractivity contribution in [1.82, 2.24) is 10.6 Å². The SMILES string of the molecule is CNC(=O)CSc1ccc(CNC(C)C)cc1C. The van der Waals surface area contributed by atoms with Crippen LogP contribution in [-0.2, 0) is 11.3 Å². The second-order valence-corrected chi connectivity index (χ2v) is 5.61. The number of benzene rings is 1. The predicted octanol–water partition coefficient (Wildman–Crippen LogP) is 2.33. The van der Waals surface area contributed by atoms with Crippen molar-refractivity contribution in [2.24, 2.45) is 0 Å². The molecule has 0 heterocycles. The number of thioether (sulfide) groups is 1. The molecular formula is C14H22N2OS. The Morgan fingerprint density at radius 2 is 2.11 bits per heavy atom. The number of hydrogen-bond donors (Lipinski definition) is 2. The number of carbonyl (C=O) groups is 1. The molecule has 0 fully saturated rings. The average molecular weight is 266 g/mol. The van der Waals surface area contributed by atoms with E-state index in [1.165, 1.54) is 16.0 Å². The van der Waals surface area contributed by atoms with Gasteiger partial charge in [-0.15, -0.1) is 11.8 Å². The van der Waals surface area contributed by atoms with Gasteiger partial charge in [0.05, 0.1) is 5.75 Å². The minimum Gasteiger partial charge on any atom is -0.358 e. The highest BCUT2D eigenvalue weighted by Gasteiger charge is 2.04. The minimum atomic E-state index is 0.0601. The van der Waals surface area contributed by atoms with Crippen molar-refractivity contribution < 1.29 is 4.79 Å². The molecule has 3 nitrogen and oxygen atoms in total. The van der Waals surface area contributed by atoms with Crippen LogP contribution >= 0.6 is 11.8 Å². The Kier molecular flexibility index (Phi) is 6.22. The highest BCUT2D eigenvalue weighted by Crippen LogP contribution is 2.23. The normalized spacial score (nSPS) is 10.7. The standard InChI is InChI=1S/C14H22N2OS/c1-10(2)16-8-12-5-6-13(11(3)7-12)18-9-14(17)15-4/h5-7,10,16H,8-9H2,1-4H3,(H,15,17). The Hall–Kier alpha value is -1.00. The van der Waals surface area contributed by atoms with Crippen LogP contribution in [0.2, 0.25) is 0 Å². The van der Waals surface area contributed by atoms with Crippen molar-refractivity contribution in [3.05, 3.63) is 29.3 Å². The molecule has 1 aromatic carbocycles. The average Bonchev–Trinajstić information content (AvgIpc) is 2.34. The van der Waals surface area contributed by atoms with Gasteiger partial charge in [-0.05, 0) is 24.1 Å². The van der Waals surface area contributed by atoms with E-state index in [0.717, 1.165) is 6.54 Å². The van der Waals surface area contributed by atoms with Crippen LogP contribution in [0.5, 0.6) is 0 Å². The van der Waals surface area contributed by atoms with Gasteiger partial charge in [0.15, 0.2) is 0 Å². The maximum atomic E-state index is 11.2. The molecule has 4 heteroatoms. The zero-order valence-corrected chi connectivity index (χ0v) is 12.4. The largest absolute Gasteiger partial charge is 0.358 e. The number of aryl methyl sites for hydroxylation is 1. The van der Waals surface area contributed by atoms with E-state index >= 15 is 0 Å². The lowest BCUT2D eigenvalue weighted by molar-refractivity contribution is -0.118. The fourth-order valence-electron chi connectivity index (χ4n) is 1.52. The second kappa shape index (κ2) is 7.44. The first-order valence-electron chi connectivity index (χ1n) is 6.19. The van der Waals surface area contributed by atoms with E-state index < -0.39 is 0 Å². The lowest BCUT2D eigenvalue weighted by Crippen LogP contribution is -2.21. The van der Waals surface area contributed by atoms with Gasteiger partial charge in [0, 0.05) is 24.5 Å². The minimum absolute atomic E-state index is 0.0601. The van der Waals surface area contributed by atoms with Crippen molar-refractivity contribution in [3.63, 3.8) is 0 Å². The van der Waals surface area contributed by atoms with E-state index in [4.69, 9.17) is 0 Å². The summed E-state index contributed by atoms with van der Waals surface area (Å²) in [7, 11) is 1.66. The van der Waals surface area contributed by atoms with Gasteiger partial charge in [0.25, 0.3) is 0 Å². The Morgan fingerprint density at radius 3 is 2.67 bits per heavy atom. The summed E-state index contributed by atoms with van der Waals surface area (Å²) in [6.07, 6.45) is 0. The maximum absolute atomic E-state index is 11.2. The lowest BCUT2D eigenvalue weighted by atomic mass is 10.1. The summed E-state index contributed by atoms with van der Waals surface area (Å²) >= 11 is 1.58. The highest BCUT2D eigenvalue weighted by molar-refractivity contribution is 8.00. The smallest absolute Gasteiger partial charge is 0.230 e. The van der Waals surface area contributed by atoms with Gasteiger partial charge < -0.3 is 10.6 Å². The summed E-state index contributed by atoms with van der Waals surface area (Å²) in [6, 6.07) is 6.89.